The van der Waals surface area contributed by atoms with Crippen LogP contribution in [0.15, 0.2) is 42.7 Å². The van der Waals surface area contributed by atoms with Crippen molar-refractivity contribution in [2.75, 3.05) is 58.4 Å². The normalized spacial score (nSPS) is 14.0. The first-order valence-electron chi connectivity index (χ1n) is 12.9. The van der Waals surface area contributed by atoms with Crippen molar-refractivity contribution in [3.05, 3.63) is 58.6 Å². The smallest absolute Gasteiger partial charge is 0.253 e. The van der Waals surface area contributed by atoms with E-state index in [9.17, 15) is 4.79 Å². The first-order valence-corrected chi connectivity index (χ1v) is 13.6. The fraction of sp³-hybridized carbons (Fsp3) is 0.370. The molecule has 2 aromatic heterocycles. The number of H-pyrrole nitrogens is 1. The Morgan fingerprint density at radius 3 is 2.62 bits per heavy atom. The number of aromatic amines is 1. The van der Waals surface area contributed by atoms with E-state index in [0.717, 1.165) is 50.6 Å². The molecule has 12 heteroatoms. The quantitative estimate of drug-likeness (QED) is 0.230. The minimum Gasteiger partial charge on any atom is -0.494 e. The predicted octanol–water partition coefficient (Wildman–Crippen LogP) is 4.31. The number of aromatic nitrogens is 4. The molecule has 1 aliphatic rings. The number of aryl methyl sites for hydroxylation is 1. The molecule has 1 aliphatic heterocycles. The molecule has 1 fully saturated rings. The molecule has 3 heterocycles. The summed E-state index contributed by atoms with van der Waals surface area (Å²) in [6, 6.07) is 11.6. The zero-order valence-electron chi connectivity index (χ0n) is 21.7. The number of fused-ring (bicyclic) bond motifs is 1. The number of methoxy groups -OCH3 is 1. The van der Waals surface area contributed by atoms with Gasteiger partial charge in [0.25, 0.3) is 5.91 Å². The van der Waals surface area contributed by atoms with Crippen LogP contribution in [0.4, 0.5) is 5.69 Å². The van der Waals surface area contributed by atoms with Crippen molar-refractivity contribution >= 4 is 45.8 Å². The van der Waals surface area contributed by atoms with Gasteiger partial charge in [-0.2, -0.15) is 0 Å². The van der Waals surface area contributed by atoms with E-state index >= 15 is 0 Å². The Morgan fingerprint density at radius 1 is 1.10 bits per heavy atom. The number of benzene rings is 2. The summed E-state index contributed by atoms with van der Waals surface area (Å²) in [6.45, 7) is 6.44. The van der Waals surface area contributed by atoms with E-state index in [2.05, 4.69) is 25.5 Å². The lowest BCUT2D eigenvalue weighted by atomic mass is 10.1. The summed E-state index contributed by atoms with van der Waals surface area (Å²) in [4.78, 5) is 27.5. The number of carbonyl (C=O) groups is 1. The fourth-order valence-electron chi connectivity index (χ4n) is 4.53. The standard InChI is InChI=1S/C27H31Cl2N7O3/c1-38-21-8-7-20(27(37)31-9-2-11-36-17-32-24(28)25(36)29)22-23(21)34-26(33-22)18-3-5-19(6-4-18)30-10-12-35-13-15-39-16-14-35/h3-8,17,30H,2,9-16H2,1H3,(H,31,37)(H,33,34). The summed E-state index contributed by atoms with van der Waals surface area (Å²) in [5.41, 5.74) is 3.65. The van der Waals surface area contributed by atoms with Gasteiger partial charge in [0.1, 0.15) is 27.8 Å². The maximum absolute atomic E-state index is 13.1. The third-order valence-electron chi connectivity index (χ3n) is 6.68. The third kappa shape index (κ3) is 6.47. The van der Waals surface area contributed by atoms with E-state index in [1.165, 1.54) is 0 Å². The number of carbonyl (C=O) groups excluding carboxylic acids is 1. The molecule has 0 spiro atoms. The summed E-state index contributed by atoms with van der Waals surface area (Å²) >= 11 is 12.0. The van der Waals surface area contributed by atoms with Crippen LogP contribution >= 0.6 is 23.2 Å². The molecular formula is C27H31Cl2N7O3. The third-order valence-corrected chi connectivity index (χ3v) is 7.45. The molecular weight excluding hydrogens is 541 g/mol. The predicted molar refractivity (Wildman–Crippen MR) is 153 cm³/mol. The Balaban J connectivity index is 1.23. The van der Waals surface area contributed by atoms with Crippen molar-refractivity contribution < 1.29 is 14.3 Å². The average molecular weight is 572 g/mol. The fourth-order valence-corrected chi connectivity index (χ4v) is 4.86. The second kappa shape index (κ2) is 12.7. The first kappa shape index (κ1) is 27.3. The SMILES string of the molecule is COc1ccc(C(=O)NCCCn2cnc(Cl)c2Cl)c2nc(-c3ccc(NCCN4CCOCC4)cc3)[nH]c12. The van der Waals surface area contributed by atoms with Gasteiger partial charge in [-0.05, 0) is 42.8 Å². The molecule has 206 valence electrons. The summed E-state index contributed by atoms with van der Waals surface area (Å²) in [5.74, 6) is 1.07. The van der Waals surface area contributed by atoms with Gasteiger partial charge in [0, 0.05) is 50.5 Å². The van der Waals surface area contributed by atoms with Crippen molar-refractivity contribution in [1.82, 2.24) is 29.7 Å². The lowest BCUT2D eigenvalue weighted by Crippen LogP contribution is -2.38. The molecule has 3 N–H and O–H groups in total. The van der Waals surface area contributed by atoms with Crippen LogP contribution in [0.25, 0.3) is 22.4 Å². The van der Waals surface area contributed by atoms with Crippen LogP contribution in [-0.2, 0) is 11.3 Å². The van der Waals surface area contributed by atoms with Crippen molar-refractivity contribution in [1.29, 1.82) is 0 Å². The Morgan fingerprint density at radius 2 is 1.90 bits per heavy atom. The van der Waals surface area contributed by atoms with Gasteiger partial charge in [0.05, 0.1) is 32.2 Å². The van der Waals surface area contributed by atoms with Crippen molar-refractivity contribution in [3.63, 3.8) is 0 Å². The highest BCUT2D eigenvalue weighted by atomic mass is 35.5. The average Bonchev–Trinajstić information content (AvgIpc) is 3.55. The Kier molecular flexibility index (Phi) is 8.88. The molecule has 2 aromatic carbocycles. The molecule has 0 aliphatic carbocycles. The number of ether oxygens (including phenoxy) is 2. The van der Waals surface area contributed by atoms with Crippen LogP contribution in [0.5, 0.6) is 5.75 Å². The van der Waals surface area contributed by atoms with Crippen LogP contribution < -0.4 is 15.4 Å². The first-order chi connectivity index (χ1) is 19.0. The summed E-state index contributed by atoms with van der Waals surface area (Å²) in [6.07, 6.45) is 2.24. The number of morpholine rings is 1. The second-order valence-electron chi connectivity index (χ2n) is 9.21. The summed E-state index contributed by atoms with van der Waals surface area (Å²) in [5, 5.41) is 7.09. The molecule has 10 nitrogen and oxygen atoms in total. The van der Waals surface area contributed by atoms with Crippen LogP contribution in [0.1, 0.15) is 16.8 Å². The highest BCUT2D eigenvalue weighted by Crippen LogP contribution is 2.30. The van der Waals surface area contributed by atoms with Gasteiger partial charge in [0.2, 0.25) is 0 Å². The highest BCUT2D eigenvalue weighted by Gasteiger charge is 2.18. The van der Waals surface area contributed by atoms with Crippen LogP contribution in [0.2, 0.25) is 10.3 Å². The number of amides is 1. The molecule has 1 amide bonds. The maximum Gasteiger partial charge on any atom is 0.253 e. The summed E-state index contributed by atoms with van der Waals surface area (Å²) in [7, 11) is 1.60. The van der Waals surface area contributed by atoms with E-state index < -0.39 is 0 Å². The van der Waals surface area contributed by atoms with Crippen molar-refractivity contribution in [2.45, 2.75) is 13.0 Å². The van der Waals surface area contributed by atoms with Gasteiger partial charge < -0.3 is 29.7 Å². The number of hydrogen-bond acceptors (Lipinski definition) is 7. The van der Waals surface area contributed by atoms with Gasteiger partial charge in [-0.25, -0.2) is 9.97 Å². The second-order valence-corrected chi connectivity index (χ2v) is 9.93. The van der Waals surface area contributed by atoms with Crippen molar-refractivity contribution in [3.8, 4) is 17.1 Å². The van der Waals surface area contributed by atoms with Gasteiger partial charge in [-0.3, -0.25) is 9.69 Å². The topological polar surface area (TPSA) is 109 Å². The van der Waals surface area contributed by atoms with Crippen LogP contribution in [0.3, 0.4) is 0 Å². The van der Waals surface area contributed by atoms with Gasteiger partial charge in [-0.15, -0.1) is 0 Å². The number of halogens is 2. The van der Waals surface area contributed by atoms with Gasteiger partial charge in [-0.1, -0.05) is 23.2 Å². The largest absolute Gasteiger partial charge is 0.494 e. The Hall–Kier alpha value is -3.31. The number of nitrogens with one attached hydrogen (secondary N) is 3. The molecule has 5 rings (SSSR count). The number of anilines is 1. The van der Waals surface area contributed by atoms with E-state index in [0.29, 0.717) is 52.8 Å². The number of rotatable bonds is 11. The van der Waals surface area contributed by atoms with E-state index in [-0.39, 0.29) is 11.1 Å². The monoisotopic (exact) mass is 571 g/mol. The maximum atomic E-state index is 13.1. The Labute approximate surface area is 236 Å². The molecule has 0 unspecified atom stereocenters. The minimum absolute atomic E-state index is 0.213. The number of nitrogens with zero attached hydrogens (tertiary/aromatic N) is 4. The lowest BCUT2D eigenvalue weighted by molar-refractivity contribution is 0.0398. The summed E-state index contributed by atoms with van der Waals surface area (Å²) < 4.78 is 12.7. The lowest BCUT2D eigenvalue weighted by Gasteiger charge is -2.26. The van der Waals surface area contributed by atoms with Crippen LogP contribution in [0, 0.1) is 0 Å². The van der Waals surface area contributed by atoms with Crippen LogP contribution in [-0.4, -0.2) is 83.4 Å². The van der Waals surface area contributed by atoms with Gasteiger partial charge in [0.15, 0.2) is 5.15 Å². The number of imidazole rings is 2. The van der Waals surface area contributed by atoms with Crippen molar-refractivity contribution in [2.24, 2.45) is 0 Å². The Bertz CT molecular complexity index is 1420. The molecule has 0 saturated carbocycles. The highest BCUT2D eigenvalue weighted by molar-refractivity contribution is 6.40. The zero-order valence-corrected chi connectivity index (χ0v) is 23.2. The van der Waals surface area contributed by atoms with Gasteiger partial charge >= 0.3 is 0 Å². The molecule has 0 atom stereocenters. The van der Waals surface area contributed by atoms with E-state index in [1.54, 1.807) is 30.1 Å². The van der Waals surface area contributed by atoms with E-state index in [4.69, 9.17) is 37.7 Å². The molecule has 39 heavy (non-hydrogen) atoms. The zero-order chi connectivity index (χ0) is 27.2. The molecule has 4 aromatic rings. The molecule has 0 radical (unpaired) electrons. The molecule has 1 saturated heterocycles. The van der Waals surface area contributed by atoms with E-state index in [1.807, 2.05) is 24.3 Å². The minimum atomic E-state index is -0.213. The molecule has 0 bridgehead atoms. The number of hydrogen-bond donors (Lipinski definition) is 3.